The molecule has 0 bridgehead atoms. The summed E-state index contributed by atoms with van der Waals surface area (Å²) < 4.78 is 5.49. The summed E-state index contributed by atoms with van der Waals surface area (Å²) in [5, 5.41) is 0. The van der Waals surface area contributed by atoms with E-state index < -0.39 is 0 Å². The maximum absolute atomic E-state index is 5.49. The fourth-order valence-electron chi connectivity index (χ4n) is 1.69. The Morgan fingerprint density at radius 1 is 1.21 bits per heavy atom. The summed E-state index contributed by atoms with van der Waals surface area (Å²) in [5.41, 5.74) is 2.73. The van der Waals surface area contributed by atoms with Crippen molar-refractivity contribution in [2.45, 2.75) is 39.5 Å². The van der Waals surface area contributed by atoms with E-state index in [0.717, 1.165) is 12.2 Å². The van der Waals surface area contributed by atoms with E-state index in [9.17, 15) is 0 Å². The molecular formula is C13H20O. The molecule has 1 rings (SSSR count). The molecule has 0 amide bonds. The molecule has 0 spiro atoms. The van der Waals surface area contributed by atoms with Gasteiger partial charge in [-0.3, -0.25) is 0 Å². The van der Waals surface area contributed by atoms with E-state index in [-0.39, 0.29) is 5.41 Å². The van der Waals surface area contributed by atoms with Gasteiger partial charge in [0, 0.05) is 0 Å². The maximum Gasteiger partial charge on any atom is 0.125 e. The first-order valence-corrected chi connectivity index (χ1v) is 5.17. The summed E-state index contributed by atoms with van der Waals surface area (Å²) in [6.07, 6.45) is 1.02. The van der Waals surface area contributed by atoms with Crippen molar-refractivity contribution in [3.8, 4) is 5.75 Å². The lowest BCUT2D eigenvalue weighted by atomic mass is 9.85. The highest BCUT2D eigenvalue weighted by Gasteiger charge is 2.19. The molecule has 78 valence electrons. The van der Waals surface area contributed by atoms with Crippen LogP contribution in [0.3, 0.4) is 0 Å². The maximum atomic E-state index is 5.49. The normalized spacial score (nSPS) is 11.5. The second kappa shape index (κ2) is 4.04. The molecule has 0 N–H and O–H groups in total. The predicted molar refractivity (Wildman–Crippen MR) is 61.1 cm³/mol. The summed E-state index contributed by atoms with van der Waals surface area (Å²) in [6.45, 7) is 8.79. The van der Waals surface area contributed by atoms with Gasteiger partial charge in [-0.2, -0.15) is 0 Å². The third kappa shape index (κ3) is 2.09. The summed E-state index contributed by atoms with van der Waals surface area (Å²) in [4.78, 5) is 0. The van der Waals surface area contributed by atoms with Crippen molar-refractivity contribution in [3.05, 3.63) is 29.3 Å². The molecule has 0 atom stereocenters. The minimum absolute atomic E-state index is 0.149. The molecule has 0 aliphatic rings. The zero-order valence-corrected chi connectivity index (χ0v) is 9.85. The monoisotopic (exact) mass is 192 g/mol. The molecule has 1 nitrogen and oxygen atoms in total. The fraction of sp³-hybridized carbons (Fsp3) is 0.538. The molecule has 0 radical (unpaired) electrons. The Labute approximate surface area is 87.1 Å². The molecule has 0 saturated heterocycles. The van der Waals surface area contributed by atoms with Crippen LogP contribution in [0.2, 0.25) is 0 Å². The van der Waals surface area contributed by atoms with Crippen LogP contribution in [0, 0.1) is 0 Å². The first kappa shape index (κ1) is 11.1. The number of para-hydroxylation sites is 1. The zero-order chi connectivity index (χ0) is 10.8. The van der Waals surface area contributed by atoms with Gasteiger partial charge in [0.05, 0.1) is 7.11 Å². The highest BCUT2D eigenvalue weighted by molar-refractivity contribution is 5.45. The van der Waals surface area contributed by atoms with Crippen LogP contribution in [-0.4, -0.2) is 7.11 Å². The fourth-order valence-corrected chi connectivity index (χ4v) is 1.69. The molecule has 1 aromatic carbocycles. The van der Waals surface area contributed by atoms with Crippen LogP contribution in [0.4, 0.5) is 0 Å². The molecule has 1 aromatic rings. The number of aryl methyl sites for hydroxylation is 1. The van der Waals surface area contributed by atoms with Crippen LogP contribution >= 0.6 is 0 Å². The smallest absolute Gasteiger partial charge is 0.125 e. The van der Waals surface area contributed by atoms with Crippen molar-refractivity contribution in [1.29, 1.82) is 0 Å². The van der Waals surface area contributed by atoms with E-state index >= 15 is 0 Å². The predicted octanol–water partition coefficient (Wildman–Crippen LogP) is 3.56. The summed E-state index contributed by atoms with van der Waals surface area (Å²) in [6, 6.07) is 6.40. The lowest BCUT2D eigenvalue weighted by Crippen LogP contribution is -2.13. The second-order valence-corrected chi connectivity index (χ2v) is 4.60. The number of rotatable bonds is 2. The molecule has 0 aliphatic carbocycles. The molecule has 0 unspecified atom stereocenters. The van der Waals surface area contributed by atoms with Gasteiger partial charge < -0.3 is 4.74 Å². The average Bonchev–Trinajstić information content (AvgIpc) is 2.15. The number of ether oxygens (including phenoxy) is 1. The van der Waals surface area contributed by atoms with Crippen LogP contribution in [0.15, 0.2) is 18.2 Å². The van der Waals surface area contributed by atoms with Gasteiger partial charge in [-0.1, -0.05) is 45.9 Å². The molecule has 14 heavy (non-hydrogen) atoms. The SMILES string of the molecule is CCc1cccc(C(C)(C)C)c1OC. The van der Waals surface area contributed by atoms with Gasteiger partial charge in [-0.15, -0.1) is 0 Å². The Morgan fingerprint density at radius 3 is 2.29 bits per heavy atom. The Bertz CT molecular complexity index is 308. The van der Waals surface area contributed by atoms with Crippen molar-refractivity contribution in [2.75, 3.05) is 7.11 Å². The van der Waals surface area contributed by atoms with Gasteiger partial charge in [0.25, 0.3) is 0 Å². The lowest BCUT2D eigenvalue weighted by Gasteiger charge is -2.23. The Hall–Kier alpha value is -0.980. The molecule has 0 aromatic heterocycles. The zero-order valence-electron chi connectivity index (χ0n) is 9.85. The summed E-state index contributed by atoms with van der Waals surface area (Å²) in [7, 11) is 1.75. The topological polar surface area (TPSA) is 9.23 Å². The number of hydrogen-bond donors (Lipinski definition) is 0. The third-order valence-electron chi connectivity index (χ3n) is 2.49. The molecule has 0 saturated carbocycles. The van der Waals surface area contributed by atoms with E-state index in [2.05, 4.69) is 45.9 Å². The van der Waals surface area contributed by atoms with Crippen LogP contribution in [0.5, 0.6) is 5.75 Å². The van der Waals surface area contributed by atoms with E-state index in [1.807, 2.05) is 0 Å². The largest absolute Gasteiger partial charge is 0.496 e. The van der Waals surface area contributed by atoms with Crippen LogP contribution in [0.25, 0.3) is 0 Å². The minimum Gasteiger partial charge on any atom is -0.496 e. The van der Waals surface area contributed by atoms with Crippen molar-refractivity contribution in [2.24, 2.45) is 0 Å². The van der Waals surface area contributed by atoms with Gasteiger partial charge in [-0.25, -0.2) is 0 Å². The summed E-state index contributed by atoms with van der Waals surface area (Å²) >= 11 is 0. The summed E-state index contributed by atoms with van der Waals surface area (Å²) in [5.74, 6) is 1.06. The Kier molecular flexibility index (Phi) is 3.20. The molecule has 1 heteroatoms. The first-order valence-electron chi connectivity index (χ1n) is 5.17. The third-order valence-corrected chi connectivity index (χ3v) is 2.49. The van der Waals surface area contributed by atoms with Crippen molar-refractivity contribution >= 4 is 0 Å². The second-order valence-electron chi connectivity index (χ2n) is 4.60. The van der Waals surface area contributed by atoms with Gasteiger partial charge in [0.1, 0.15) is 5.75 Å². The van der Waals surface area contributed by atoms with Gasteiger partial charge in [0.2, 0.25) is 0 Å². The number of benzene rings is 1. The number of hydrogen-bond acceptors (Lipinski definition) is 1. The molecule has 0 fully saturated rings. The average molecular weight is 192 g/mol. The van der Waals surface area contributed by atoms with E-state index in [4.69, 9.17) is 4.74 Å². The van der Waals surface area contributed by atoms with E-state index in [0.29, 0.717) is 0 Å². The standard InChI is InChI=1S/C13H20O/c1-6-10-8-7-9-11(12(10)14-5)13(2,3)4/h7-9H,6H2,1-5H3. The van der Waals surface area contributed by atoms with Crippen LogP contribution < -0.4 is 4.74 Å². The van der Waals surface area contributed by atoms with Crippen molar-refractivity contribution < 1.29 is 4.74 Å². The van der Waals surface area contributed by atoms with Gasteiger partial charge >= 0.3 is 0 Å². The van der Waals surface area contributed by atoms with E-state index in [1.165, 1.54) is 11.1 Å². The molecule has 0 aliphatic heterocycles. The number of methoxy groups -OCH3 is 1. The Morgan fingerprint density at radius 2 is 1.86 bits per heavy atom. The highest BCUT2D eigenvalue weighted by atomic mass is 16.5. The minimum atomic E-state index is 0.149. The first-order chi connectivity index (χ1) is 6.50. The van der Waals surface area contributed by atoms with Crippen molar-refractivity contribution in [3.63, 3.8) is 0 Å². The van der Waals surface area contributed by atoms with Gasteiger partial charge in [-0.05, 0) is 23.0 Å². The molecule has 0 heterocycles. The lowest BCUT2D eigenvalue weighted by molar-refractivity contribution is 0.393. The highest BCUT2D eigenvalue weighted by Crippen LogP contribution is 2.33. The Balaban J connectivity index is 3.29. The van der Waals surface area contributed by atoms with E-state index in [1.54, 1.807) is 7.11 Å². The molecular weight excluding hydrogens is 172 g/mol. The quantitative estimate of drug-likeness (QED) is 0.696. The van der Waals surface area contributed by atoms with Crippen LogP contribution in [0.1, 0.15) is 38.8 Å². The van der Waals surface area contributed by atoms with Gasteiger partial charge in [0.15, 0.2) is 0 Å². The van der Waals surface area contributed by atoms with Crippen LogP contribution in [-0.2, 0) is 11.8 Å². The van der Waals surface area contributed by atoms with Crippen molar-refractivity contribution in [1.82, 2.24) is 0 Å².